The molecule has 1 atom stereocenters. The topological polar surface area (TPSA) is 63.2 Å². The van der Waals surface area contributed by atoms with Crippen LogP contribution in [0, 0.1) is 0 Å². The molecule has 1 rings (SSSR count). The highest BCUT2D eigenvalue weighted by Gasteiger charge is 2.12. The van der Waals surface area contributed by atoms with E-state index in [4.69, 9.17) is 4.74 Å². The lowest BCUT2D eigenvalue weighted by molar-refractivity contribution is 0.0870. The Balaban J connectivity index is 2.89. The van der Waals surface area contributed by atoms with Gasteiger partial charge in [-0.25, -0.2) is 4.98 Å². The number of ether oxygens (including phenoxy) is 1. The summed E-state index contributed by atoms with van der Waals surface area (Å²) in [6.45, 7) is 9.31. The molecule has 1 unspecified atom stereocenters. The normalized spacial score (nSPS) is 12.3. The van der Waals surface area contributed by atoms with Gasteiger partial charge in [-0.2, -0.15) is 0 Å². The second kappa shape index (κ2) is 7.85. The molecule has 20 heavy (non-hydrogen) atoms. The van der Waals surface area contributed by atoms with Crippen LogP contribution in [0.25, 0.3) is 0 Å². The highest BCUT2D eigenvalue weighted by atomic mass is 16.5. The van der Waals surface area contributed by atoms with Crippen LogP contribution in [-0.4, -0.2) is 37.2 Å². The first-order chi connectivity index (χ1) is 9.47. The molecule has 0 aromatic carbocycles. The maximum Gasteiger partial charge on any atom is 0.251 e. The Bertz CT molecular complexity index is 447. The Morgan fingerprint density at radius 1 is 1.35 bits per heavy atom. The van der Waals surface area contributed by atoms with Gasteiger partial charge in [-0.1, -0.05) is 13.8 Å². The molecule has 5 heteroatoms. The van der Waals surface area contributed by atoms with Crippen molar-refractivity contribution in [1.29, 1.82) is 0 Å². The summed E-state index contributed by atoms with van der Waals surface area (Å²) in [6.07, 6.45) is -0.00130. The van der Waals surface area contributed by atoms with Crippen molar-refractivity contribution >= 4 is 11.7 Å². The number of anilines is 1. The van der Waals surface area contributed by atoms with Crippen LogP contribution >= 0.6 is 0 Å². The van der Waals surface area contributed by atoms with Gasteiger partial charge in [0.2, 0.25) is 0 Å². The minimum Gasteiger partial charge on any atom is -0.380 e. The molecule has 0 radical (unpaired) electrons. The van der Waals surface area contributed by atoms with Crippen LogP contribution < -0.4 is 10.6 Å². The SMILES string of the molecule is CCNc1cc(C(=O)NCC(C)OC)cc(C(C)C)n1. The first-order valence-corrected chi connectivity index (χ1v) is 7.04. The average Bonchev–Trinajstić information content (AvgIpc) is 2.44. The Labute approximate surface area is 121 Å². The third-order valence-electron chi connectivity index (χ3n) is 3.01. The number of methoxy groups -OCH3 is 1. The van der Waals surface area contributed by atoms with Crippen molar-refractivity contribution in [3.8, 4) is 0 Å². The zero-order valence-electron chi connectivity index (χ0n) is 13.0. The number of hydrogen-bond acceptors (Lipinski definition) is 4. The lowest BCUT2D eigenvalue weighted by Gasteiger charge is -2.13. The standard InChI is InChI=1S/C15H25N3O2/c1-6-16-14-8-12(7-13(18-14)10(2)3)15(19)17-9-11(4)20-5/h7-8,10-11H,6,9H2,1-5H3,(H,16,18)(H,17,19). The predicted molar refractivity (Wildman–Crippen MR) is 81.3 cm³/mol. The van der Waals surface area contributed by atoms with E-state index in [1.165, 1.54) is 0 Å². The van der Waals surface area contributed by atoms with Crippen molar-refractivity contribution < 1.29 is 9.53 Å². The average molecular weight is 279 g/mol. The molecule has 0 saturated heterocycles. The third-order valence-corrected chi connectivity index (χ3v) is 3.01. The van der Waals surface area contributed by atoms with Gasteiger partial charge in [-0.05, 0) is 31.9 Å². The number of pyridine rings is 1. The molecule has 5 nitrogen and oxygen atoms in total. The van der Waals surface area contributed by atoms with Crippen LogP contribution in [0.3, 0.4) is 0 Å². The fraction of sp³-hybridized carbons (Fsp3) is 0.600. The van der Waals surface area contributed by atoms with Gasteiger partial charge in [0.25, 0.3) is 5.91 Å². The van der Waals surface area contributed by atoms with E-state index in [9.17, 15) is 4.79 Å². The lowest BCUT2D eigenvalue weighted by Crippen LogP contribution is -2.31. The molecule has 0 fully saturated rings. The van der Waals surface area contributed by atoms with Crippen molar-refractivity contribution in [3.63, 3.8) is 0 Å². The summed E-state index contributed by atoms with van der Waals surface area (Å²) < 4.78 is 5.12. The molecule has 1 heterocycles. The number of rotatable bonds is 7. The molecule has 0 aliphatic rings. The molecule has 0 saturated carbocycles. The van der Waals surface area contributed by atoms with Gasteiger partial charge in [0.05, 0.1) is 6.10 Å². The summed E-state index contributed by atoms with van der Waals surface area (Å²) in [4.78, 5) is 16.7. The Morgan fingerprint density at radius 3 is 2.60 bits per heavy atom. The molecule has 112 valence electrons. The summed E-state index contributed by atoms with van der Waals surface area (Å²) in [5.41, 5.74) is 1.54. The number of aromatic nitrogens is 1. The minimum atomic E-state index is -0.0997. The van der Waals surface area contributed by atoms with E-state index in [-0.39, 0.29) is 17.9 Å². The maximum absolute atomic E-state index is 12.2. The van der Waals surface area contributed by atoms with Crippen molar-refractivity contribution in [3.05, 3.63) is 23.4 Å². The molecule has 1 amide bonds. The van der Waals surface area contributed by atoms with Crippen molar-refractivity contribution in [1.82, 2.24) is 10.3 Å². The third kappa shape index (κ3) is 4.81. The molecular weight excluding hydrogens is 254 g/mol. The van der Waals surface area contributed by atoms with E-state index < -0.39 is 0 Å². The predicted octanol–water partition coefficient (Wildman–Crippen LogP) is 2.40. The van der Waals surface area contributed by atoms with E-state index >= 15 is 0 Å². The van der Waals surface area contributed by atoms with E-state index in [0.717, 1.165) is 18.1 Å². The number of nitrogens with one attached hydrogen (secondary N) is 2. The van der Waals surface area contributed by atoms with Crippen LogP contribution in [-0.2, 0) is 4.74 Å². The Kier molecular flexibility index (Phi) is 6.45. The monoisotopic (exact) mass is 279 g/mol. The summed E-state index contributed by atoms with van der Waals surface area (Å²) in [5.74, 6) is 0.916. The van der Waals surface area contributed by atoms with E-state index in [0.29, 0.717) is 12.1 Å². The number of nitrogens with zero attached hydrogens (tertiary/aromatic N) is 1. The van der Waals surface area contributed by atoms with Gasteiger partial charge >= 0.3 is 0 Å². The van der Waals surface area contributed by atoms with Crippen molar-refractivity contribution in [2.75, 3.05) is 25.5 Å². The highest BCUT2D eigenvalue weighted by Crippen LogP contribution is 2.17. The summed E-state index contributed by atoms with van der Waals surface area (Å²) in [6, 6.07) is 3.63. The summed E-state index contributed by atoms with van der Waals surface area (Å²) in [5, 5.41) is 6.02. The van der Waals surface area contributed by atoms with Gasteiger partial charge in [0.15, 0.2) is 0 Å². The fourth-order valence-electron chi connectivity index (χ4n) is 1.67. The largest absolute Gasteiger partial charge is 0.380 e. The zero-order chi connectivity index (χ0) is 15.1. The molecule has 2 N–H and O–H groups in total. The van der Waals surface area contributed by atoms with E-state index in [1.807, 2.05) is 19.9 Å². The van der Waals surface area contributed by atoms with Gasteiger partial charge in [0, 0.05) is 31.5 Å². The quantitative estimate of drug-likeness (QED) is 0.804. The first kappa shape index (κ1) is 16.4. The zero-order valence-corrected chi connectivity index (χ0v) is 13.0. The smallest absolute Gasteiger partial charge is 0.251 e. The number of hydrogen-bond donors (Lipinski definition) is 2. The van der Waals surface area contributed by atoms with Crippen molar-refractivity contribution in [2.45, 2.75) is 39.7 Å². The number of carbonyl (C=O) groups is 1. The fourth-order valence-corrected chi connectivity index (χ4v) is 1.67. The van der Waals surface area contributed by atoms with Gasteiger partial charge in [-0.15, -0.1) is 0 Å². The summed E-state index contributed by atoms with van der Waals surface area (Å²) in [7, 11) is 1.63. The van der Waals surface area contributed by atoms with Crippen LogP contribution in [0.2, 0.25) is 0 Å². The molecule has 0 spiro atoms. The first-order valence-electron chi connectivity index (χ1n) is 7.04. The van der Waals surface area contributed by atoms with Crippen LogP contribution in [0.5, 0.6) is 0 Å². The number of amides is 1. The Morgan fingerprint density at radius 2 is 2.05 bits per heavy atom. The second-order valence-corrected chi connectivity index (χ2v) is 5.11. The van der Waals surface area contributed by atoms with E-state index in [2.05, 4.69) is 29.5 Å². The summed E-state index contributed by atoms with van der Waals surface area (Å²) >= 11 is 0. The van der Waals surface area contributed by atoms with Gasteiger partial charge < -0.3 is 15.4 Å². The molecule has 0 aliphatic heterocycles. The van der Waals surface area contributed by atoms with Gasteiger partial charge in [-0.3, -0.25) is 4.79 Å². The number of carbonyl (C=O) groups excluding carboxylic acids is 1. The lowest BCUT2D eigenvalue weighted by atomic mass is 10.1. The molecule has 0 aliphatic carbocycles. The molecule has 1 aromatic heterocycles. The Hall–Kier alpha value is -1.62. The molecular formula is C15H25N3O2. The molecule has 0 bridgehead atoms. The van der Waals surface area contributed by atoms with Crippen LogP contribution in [0.4, 0.5) is 5.82 Å². The van der Waals surface area contributed by atoms with E-state index in [1.54, 1.807) is 13.2 Å². The van der Waals surface area contributed by atoms with Crippen molar-refractivity contribution in [2.24, 2.45) is 0 Å². The minimum absolute atomic E-state index is 0.00130. The maximum atomic E-state index is 12.2. The van der Waals surface area contributed by atoms with Gasteiger partial charge in [0.1, 0.15) is 5.82 Å². The molecule has 1 aromatic rings. The van der Waals surface area contributed by atoms with Crippen LogP contribution in [0.15, 0.2) is 12.1 Å². The van der Waals surface area contributed by atoms with Crippen LogP contribution in [0.1, 0.15) is 49.7 Å². The second-order valence-electron chi connectivity index (χ2n) is 5.11. The highest BCUT2D eigenvalue weighted by molar-refractivity contribution is 5.95.